The number of carboxylic acids is 1. The Hall–Kier alpha value is -0.570. The highest BCUT2D eigenvalue weighted by Gasteiger charge is 2.36. The van der Waals surface area contributed by atoms with Gasteiger partial charge in [0.15, 0.2) is 0 Å². The van der Waals surface area contributed by atoms with Crippen LogP contribution < -0.4 is 0 Å². The molecule has 0 aromatic heterocycles. The van der Waals surface area contributed by atoms with Crippen LogP contribution >= 0.6 is 0 Å². The van der Waals surface area contributed by atoms with E-state index in [1.165, 1.54) is 0 Å². The lowest BCUT2D eigenvalue weighted by molar-refractivity contribution is -0.144. The molecule has 2 atom stereocenters. The van der Waals surface area contributed by atoms with E-state index in [0.717, 1.165) is 19.3 Å². The molecule has 0 aromatic carbocycles. The van der Waals surface area contributed by atoms with Gasteiger partial charge in [0.2, 0.25) is 0 Å². The van der Waals surface area contributed by atoms with Crippen LogP contribution in [0.25, 0.3) is 0 Å². The Labute approximate surface area is 91.5 Å². The third kappa shape index (κ3) is 4.20. The number of rotatable bonds is 4. The lowest BCUT2D eigenvalue weighted by atomic mass is 9.74. The molecule has 1 aliphatic rings. The maximum absolute atomic E-state index is 10.6. The Kier molecular flexibility index (Phi) is 4.14. The van der Waals surface area contributed by atoms with Crippen molar-refractivity contribution in [3.8, 4) is 0 Å². The molecule has 2 unspecified atom stereocenters. The van der Waals surface area contributed by atoms with Gasteiger partial charge in [-0.15, -0.1) is 0 Å². The first-order valence-corrected chi connectivity index (χ1v) is 5.85. The predicted molar refractivity (Wildman–Crippen MR) is 58.6 cm³/mol. The summed E-state index contributed by atoms with van der Waals surface area (Å²) in [6.45, 7) is 4.34. The summed E-state index contributed by atoms with van der Waals surface area (Å²) in [5.41, 5.74) is -0.941. The van der Waals surface area contributed by atoms with Crippen molar-refractivity contribution in [3.63, 3.8) is 0 Å². The molecule has 1 saturated carbocycles. The summed E-state index contributed by atoms with van der Waals surface area (Å²) in [6, 6.07) is 0. The molecule has 0 bridgehead atoms. The second-order valence-corrected chi connectivity index (χ2v) is 5.39. The Morgan fingerprint density at radius 3 is 2.73 bits per heavy atom. The van der Waals surface area contributed by atoms with Gasteiger partial charge in [-0.1, -0.05) is 26.7 Å². The van der Waals surface area contributed by atoms with E-state index in [-0.39, 0.29) is 6.42 Å². The Bertz CT molecular complexity index is 225. The molecule has 0 radical (unpaired) electrons. The monoisotopic (exact) mass is 214 g/mol. The van der Waals surface area contributed by atoms with Gasteiger partial charge in [-0.05, 0) is 31.1 Å². The van der Waals surface area contributed by atoms with E-state index in [2.05, 4.69) is 13.8 Å². The summed E-state index contributed by atoms with van der Waals surface area (Å²) in [5.74, 6) is 0.243. The normalized spacial score (nSPS) is 31.9. The molecule has 0 spiro atoms. The SMILES string of the molecule is CC(C)CC1CCCC(O)(CC(=O)O)C1. The van der Waals surface area contributed by atoms with Crippen molar-refractivity contribution in [3.05, 3.63) is 0 Å². The lowest BCUT2D eigenvalue weighted by Gasteiger charge is -2.36. The van der Waals surface area contributed by atoms with Crippen molar-refractivity contribution in [1.29, 1.82) is 0 Å². The first-order chi connectivity index (χ1) is 6.91. The van der Waals surface area contributed by atoms with Gasteiger partial charge in [-0.3, -0.25) is 4.79 Å². The molecule has 2 N–H and O–H groups in total. The highest BCUT2D eigenvalue weighted by Crippen LogP contribution is 2.37. The molecule has 0 amide bonds. The predicted octanol–water partition coefficient (Wildman–Crippen LogP) is 2.43. The molecule has 3 heteroatoms. The zero-order valence-electron chi connectivity index (χ0n) is 9.70. The number of carboxylic acid groups (broad SMARTS) is 1. The number of carbonyl (C=O) groups is 1. The molecule has 0 heterocycles. The van der Waals surface area contributed by atoms with E-state index in [4.69, 9.17) is 5.11 Å². The summed E-state index contributed by atoms with van der Waals surface area (Å²) in [7, 11) is 0. The summed E-state index contributed by atoms with van der Waals surface area (Å²) in [6.07, 6.45) is 4.41. The molecule has 0 aliphatic heterocycles. The first-order valence-electron chi connectivity index (χ1n) is 5.85. The standard InChI is InChI=1S/C12H22O3/c1-9(2)6-10-4-3-5-12(15,7-10)8-11(13)14/h9-10,15H,3-8H2,1-2H3,(H,13,14). The van der Waals surface area contributed by atoms with Crippen molar-refractivity contribution < 1.29 is 15.0 Å². The smallest absolute Gasteiger partial charge is 0.306 e. The number of hydrogen-bond donors (Lipinski definition) is 2. The van der Waals surface area contributed by atoms with Crippen molar-refractivity contribution in [2.45, 2.75) is 58.0 Å². The maximum atomic E-state index is 10.6. The van der Waals surface area contributed by atoms with Crippen LogP contribution in [0.1, 0.15) is 52.4 Å². The van der Waals surface area contributed by atoms with Gasteiger partial charge >= 0.3 is 5.97 Å². The fourth-order valence-corrected chi connectivity index (χ4v) is 2.77. The van der Waals surface area contributed by atoms with Crippen LogP contribution in [0.4, 0.5) is 0 Å². The summed E-state index contributed by atoms with van der Waals surface area (Å²) < 4.78 is 0. The van der Waals surface area contributed by atoms with Gasteiger partial charge < -0.3 is 10.2 Å². The minimum absolute atomic E-state index is 0.0956. The second-order valence-electron chi connectivity index (χ2n) is 5.39. The van der Waals surface area contributed by atoms with Crippen LogP contribution in [-0.2, 0) is 4.79 Å². The van der Waals surface area contributed by atoms with Crippen molar-refractivity contribution in [2.24, 2.45) is 11.8 Å². The molecular weight excluding hydrogens is 192 g/mol. The fraction of sp³-hybridized carbons (Fsp3) is 0.917. The molecule has 0 aromatic rings. The Morgan fingerprint density at radius 1 is 1.53 bits per heavy atom. The quantitative estimate of drug-likeness (QED) is 0.755. The second kappa shape index (κ2) is 4.97. The van der Waals surface area contributed by atoms with Crippen molar-refractivity contribution >= 4 is 5.97 Å². The number of aliphatic carboxylic acids is 1. The van der Waals surface area contributed by atoms with Gasteiger partial charge in [0.1, 0.15) is 0 Å². The van der Waals surface area contributed by atoms with Crippen molar-refractivity contribution in [2.75, 3.05) is 0 Å². The molecule has 1 rings (SSSR count). The average Bonchev–Trinajstić information content (AvgIpc) is 1.99. The molecule has 88 valence electrons. The summed E-state index contributed by atoms with van der Waals surface area (Å²) in [4.78, 5) is 10.6. The van der Waals surface area contributed by atoms with Gasteiger partial charge in [0.05, 0.1) is 12.0 Å². The van der Waals surface area contributed by atoms with Crippen LogP contribution in [-0.4, -0.2) is 21.8 Å². The van der Waals surface area contributed by atoms with Crippen LogP contribution in [0.3, 0.4) is 0 Å². The third-order valence-electron chi connectivity index (χ3n) is 3.21. The molecule has 3 nitrogen and oxygen atoms in total. The van der Waals surface area contributed by atoms with Gasteiger partial charge in [-0.2, -0.15) is 0 Å². The Balaban J connectivity index is 2.50. The third-order valence-corrected chi connectivity index (χ3v) is 3.21. The largest absolute Gasteiger partial charge is 0.481 e. The fourth-order valence-electron chi connectivity index (χ4n) is 2.77. The van der Waals surface area contributed by atoms with E-state index in [0.29, 0.717) is 24.7 Å². The van der Waals surface area contributed by atoms with Crippen LogP contribution in [0.2, 0.25) is 0 Å². The molecule has 1 aliphatic carbocycles. The Morgan fingerprint density at radius 2 is 2.20 bits per heavy atom. The van der Waals surface area contributed by atoms with Crippen molar-refractivity contribution in [1.82, 2.24) is 0 Å². The first kappa shape index (κ1) is 12.5. The minimum Gasteiger partial charge on any atom is -0.481 e. The molecular formula is C12H22O3. The lowest BCUT2D eigenvalue weighted by Crippen LogP contribution is -2.37. The number of aliphatic hydroxyl groups is 1. The van der Waals surface area contributed by atoms with Gasteiger partial charge in [0.25, 0.3) is 0 Å². The van der Waals surface area contributed by atoms with Crippen LogP contribution in [0, 0.1) is 11.8 Å². The topological polar surface area (TPSA) is 57.5 Å². The molecule has 15 heavy (non-hydrogen) atoms. The van der Waals surface area contributed by atoms with E-state index < -0.39 is 11.6 Å². The zero-order valence-corrected chi connectivity index (χ0v) is 9.70. The number of hydrogen-bond acceptors (Lipinski definition) is 2. The molecule has 1 fully saturated rings. The van der Waals surface area contributed by atoms with Gasteiger partial charge in [-0.25, -0.2) is 0 Å². The van der Waals surface area contributed by atoms with E-state index in [1.54, 1.807) is 0 Å². The maximum Gasteiger partial charge on any atom is 0.306 e. The summed E-state index contributed by atoms with van der Waals surface area (Å²) >= 11 is 0. The highest BCUT2D eigenvalue weighted by molar-refractivity contribution is 5.68. The van der Waals surface area contributed by atoms with Crippen LogP contribution in [0.5, 0.6) is 0 Å². The van der Waals surface area contributed by atoms with Gasteiger partial charge in [0, 0.05) is 0 Å². The zero-order chi connectivity index (χ0) is 11.5. The summed E-state index contributed by atoms with van der Waals surface area (Å²) in [5, 5.41) is 18.9. The minimum atomic E-state index is -0.941. The van der Waals surface area contributed by atoms with E-state index >= 15 is 0 Å². The molecule has 0 saturated heterocycles. The van der Waals surface area contributed by atoms with Crippen LogP contribution in [0.15, 0.2) is 0 Å². The highest BCUT2D eigenvalue weighted by atomic mass is 16.4. The van der Waals surface area contributed by atoms with E-state index in [1.807, 2.05) is 0 Å². The van der Waals surface area contributed by atoms with E-state index in [9.17, 15) is 9.90 Å². The average molecular weight is 214 g/mol.